The predicted molar refractivity (Wildman–Crippen MR) is 58.9 cm³/mol. The molecule has 0 saturated carbocycles. The number of nitrogens with two attached hydrogens (primary N) is 1. The number of primary amides is 1. The second-order valence-electron chi connectivity index (χ2n) is 2.45. The summed E-state index contributed by atoms with van der Waals surface area (Å²) < 4.78 is 5.68. The van der Waals surface area contributed by atoms with E-state index in [0.29, 0.717) is 20.3 Å². The Morgan fingerprint density at radius 2 is 2.07 bits per heavy atom. The zero-order valence-corrected chi connectivity index (χ0v) is 9.99. The molecule has 3 nitrogen and oxygen atoms in total. The number of rotatable bonds is 3. The van der Waals surface area contributed by atoms with Crippen LogP contribution in [0.4, 0.5) is 0 Å². The first-order valence-corrected chi connectivity index (χ1v) is 5.11. The molecule has 0 radical (unpaired) electrons. The van der Waals surface area contributed by atoms with E-state index < -0.39 is 5.91 Å². The SMILES string of the molecule is NC(=O)COc1cc(Cl)c(Br)cc1Cl. The molecule has 0 unspecified atom stereocenters. The smallest absolute Gasteiger partial charge is 0.255 e. The highest BCUT2D eigenvalue weighted by Gasteiger charge is 2.07. The van der Waals surface area contributed by atoms with Gasteiger partial charge in [0.05, 0.1) is 10.0 Å². The zero-order chi connectivity index (χ0) is 10.7. The molecule has 0 aliphatic rings. The quantitative estimate of drug-likeness (QED) is 0.872. The summed E-state index contributed by atoms with van der Waals surface area (Å²) in [4.78, 5) is 10.4. The summed E-state index contributed by atoms with van der Waals surface area (Å²) in [5.41, 5.74) is 4.91. The van der Waals surface area contributed by atoms with Gasteiger partial charge in [0, 0.05) is 10.5 Å². The van der Waals surface area contributed by atoms with Crippen molar-refractivity contribution >= 4 is 45.0 Å². The Morgan fingerprint density at radius 3 is 2.64 bits per heavy atom. The van der Waals surface area contributed by atoms with Gasteiger partial charge in [-0.1, -0.05) is 23.2 Å². The Balaban J connectivity index is 2.87. The number of hydrogen-bond donors (Lipinski definition) is 1. The highest BCUT2D eigenvalue weighted by molar-refractivity contribution is 9.10. The summed E-state index contributed by atoms with van der Waals surface area (Å²) in [6.07, 6.45) is 0. The summed E-state index contributed by atoms with van der Waals surface area (Å²) in [6, 6.07) is 3.09. The molecule has 0 aliphatic heterocycles. The van der Waals surface area contributed by atoms with Gasteiger partial charge in [0.2, 0.25) is 0 Å². The molecule has 0 fully saturated rings. The number of amides is 1. The van der Waals surface area contributed by atoms with Crippen LogP contribution in [-0.4, -0.2) is 12.5 Å². The number of hydrogen-bond acceptors (Lipinski definition) is 2. The molecular formula is C8H6BrCl2NO2. The van der Waals surface area contributed by atoms with Crippen molar-refractivity contribution < 1.29 is 9.53 Å². The van der Waals surface area contributed by atoms with Gasteiger partial charge in [0.15, 0.2) is 6.61 Å². The first kappa shape index (κ1) is 11.6. The first-order chi connectivity index (χ1) is 6.50. The van der Waals surface area contributed by atoms with E-state index in [4.69, 9.17) is 33.7 Å². The summed E-state index contributed by atoms with van der Waals surface area (Å²) in [7, 11) is 0. The summed E-state index contributed by atoms with van der Waals surface area (Å²) in [5.74, 6) is -0.237. The van der Waals surface area contributed by atoms with E-state index in [-0.39, 0.29) is 6.61 Å². The van der Waals surface area contributed by atoms with E-state index in [1.54, 1.807) is 6.07 Å². The third kappa shape index (κ3) is 3.04. The lowest BCUT2D eigenvalue weighted by molar-refractivity contribution is -0.119. The molecule has 76 valence electrons. The molecule has 0 saturated heterocycles. The molecule has 0 aliphatic carbocycles. The Morgan fingerprint density at radius 1 is 1.43 bits per heavy atom. The first-order valence-electron chi connectivity index (χ1n) is 3.56. The lowest BCUT2D eigenvalue weighted by atomic mass is 10.3. The van der Waals surface area contributed by atoms with Crippen molar-refractivity contribution in [3.05, 3.63) is 26.7 Å². The topological polar surface area (TPSA) is 52.3 Å². The van der Waals surface area contributed by atoms with Gasteiger partial charge in [-0.25, -0.2) is 0 Å². The minimum Gasteiger partial charge on any atom is -0.482 e. The molecule has 0 spiro atoms. The lowest BCUT2D eigenvalue weighted by Gasteiger charge is -2.07. The number of carbonyl (C=O) groups is 1. The van der Waals surface area contributed by atoms with Crippen molar-refractivity contribution in [2.75, 3.05) is 6.61 Å². The van der Waals surface area contributed by atoms with Crippen molar-refractivity contribution in [3.8, 4) is 5.75 Å². The molecule has 2 N–H and O–H groups in total. The van der Waals surface area contributed by atoms with Crippen molar-refractivity contribution in [2.45, 2.75) is 0 Å². The Labute approximate surface area is 99.3 Å². The second kappa shape index (κ2) is 4.87. The minimum atomic E-state index is -0.569. The van der Waals surface area contributed by atoms with Gasteiger partial charge in [0.1, 0.15) is 5.75 Å². The summed E-state index contributed by atoms with van der Waals surface area (Å²) in [5, 5.41) is 0.816. The molecule has 0 heterocycles. The number of ether oxygens (including phenoxy) is 1. The van der Waals surface area contributed by atoms with Crippen LogP contribution in [0.2, 0.25) is 10.0 Å². The maximum Gasteiger partial charge on any atom is 0.255 e. The van der Waals surface area contributed by atoms with E-state index in [2.05, 4.69) is 15.9 Å². The van der Waals surface area contributed by atoms with Gasteiger partial charge in [-0.3, -0.25) is 4.79 Å². The average Bonchev–Trinajstić information content (AvgIpc) is 2.09. The molecule has 1 rings (SSSR count). The largest absolute Gasteiger partial charge is 0.482 e. The molecular weight excluding hydrogens is 293 g/mol. The molecule has 1 aromatic carbocycles. The maximum atomic E-state index is 10.4. The Hall–Kier alpha value is -0.450. The van der Waals surface area contributed by atoms with Crippen LogP contribution >= 0.6 is 39.1 Å². The monoisotopic (exact) mass is 297 g/mol. The van der Waals surface area contributed by atoms with E-state index in [1.807, 2.05) is 0 Å². The fraction of sp³-hybridized carbons (Fsp3) is 0.125. The van der Waals surface area contributed by atoms with Crippen molar-refractivity contribution in [3.63, 3.8) is 0 Å². The summed E-state index contributed by atoms with van der Waals surface area (Å²) >= 11 is 14.8. The van der Waals surface area contributed by atoms with Crippen molar-refractivity contribution in [2.24, 2.45) is 5.73 Å². The van der Waals surface area contributed by atoms with Crippen LogP contribution in [-0.2, 0) is 4.79 Å². The van der Waals surface area contributed by atoms with Gasteiger partial charge in [0.25, 0.3) is 5.91 Å². The molecule has 0 atom stereocenters. The van der Waals surface area contributed by atoms with Crippen LogP contribution < -0.4 is 10.5 Å². The van der Waals surface area contributed by atoms with Crippen LogP contribution in [0, 0.1) is 0 Å². The molecule has 6 heteroatoms. The molecule has 1 aromatic rings. The number of halogens is 3. The highest BCUT2D eigenvalue weighted by atomic mass is 79.9. The van der Waals surface area contributed by atoms with Gasteiger partial charge >= 0.3 is 0 Å². The number of carbonyl (C=O) groups excluding carboxylic acids is 1. The van der Waals surface area contributed by atoms with Gasteiger partial charge < -0.3 is 10.5 Å². The van der Waals surface area contributed by atoms with Gasteiger partial charge in [-0.2, -0.15) is 0 Å². The van der Waals surface area contributed by atoms with Crippen LogP contribution in [0.15, 0.2) is 16.6 Å². The van der Waals surface area contributed by atoms with Crippen LogP contribution in [0.5, 0.6) is 5.75 Å². The zero-order valence-electron chi connectivity index (χ0n) is 6.89. The van der Waals surface area contributed by atoms with Gasteiger partial charge in [-0.15, -0.1) is 0 Å². The van der Waals surface area contributed by atoms with E-state index >= 15 is 0 Å². The molecule has 0 aromatic heterocycles. The molecule has 1 amide bonds. The maximum absolute atomic E-state index is 10.4. The van der Waals surface area contributed by atoms with Crippen LogP contribution in [0.3, 0.4) is 0 Å². The van der Waals surface area contributed by atoms with E-state index in [9.17, 15) is 4.79 Å². The van der Waals surface area contributed by atoms with E-state index in [0.717, 1.165) is 0 Å². The molecule has 14 heavy (non-hydrogen) atoms. The fourth-order valence-corrected chi connectivity index (χ4v) is 1.61. The standard InChI is InChI=1S/C8H6BrCl2NO2/c9-4-1-6(11)7(2-5(4)10)14-3-8(12)13/h1-2H,3H2,(H2,12,13). The Bertz CT molecular complexity index is 371. The lowest BCUT2D eigenvalue weighted by Crippen LogP contribution is -2.20. The normalized spacial score (nSPS) is 9.93. The predicted octanol–water partition coefficient (Wildman–Crippen LogP) is 2.62. The van der Waals surface area contributed by atoms with Crippen molar-refractivity contribution in [1.29, 1.82) is 0 Å². The number of benzene rings is 1. The highest BCUT2D eigenvalue weighted by Crippen LogP contribution is 2.33. The third-order valence-electron chi connectivity index (χ3n) is 1.34. The van der Waals surface area contributed by atoms with Crippen molar-refractivity contribution in [1.82, 2.24) is 0 Å². The minimum absolute atomic E-state index is 0.225. The average molecular weight is 299 g/mol. The van der Waals surface area contributed by atoms with Crippen LogP contribution in [0.25, 0.3) is 0 Å². The fourth-order valence-electron chi connectivity index (χ4n) is 0.764. The van der Waals surface area contributed by atoms with Crippen LogP contribution in [0.1, 0.15) is 0 Å². The third-order valence-corrected chi connectivity index (χ3v) is 2.84. The second-order valence-corrected chi connectivity index (χ2v) is 4.12. The Kier molecular flexibility index (Phi) is 4.04. The van der Waals surface area contributed by atoms with Gasteiger partial charge in [-0.05, 0) is 22.0 Å². The van der Waals surface area contributed by atoms with E-state index in [1.165, 1.54) is 6.07 Å². The summed E-state index contributed by atoms with van der Waals surface area (Å²) in [6.45, 7) is -0.225. The molecule has 0 bridgehead atoms.